The number of hydrogen-bond acceptors (Lipinski definition) is 2. The average Bonchev–Trinajstić information content (AvgIpc) is 2.88. The van der Waals surface area contributed by atoms with Gasteiger partial charge in [0.1, 0.15) is 0 Å². The van der Waals surface area contributed by atoms with Crippen LogP contribution in [0.2, 0.25) is 5.02 Å². The van der Waals surface area contributed by atoms with E-state index in [0.29, 0.717) is 11.4 Å². The van der Waals surface area contributed by atoms with Gasteiger partial charge >= 0.3 is 6.18 Å². The number of carbonyl (C=O) groups is 1. The summed E-state index contributed by atoms with van der Waals surface area (Å²) in [6, 6.07) is 7.02. The van der Waals surface area contributed by atoms with Crippen molar-refractivity contribution >= 4 is 17.5 Å². The van der Waals surface area contributed by atoms with Gasteiger partial charge in [0.05, 0.1) is 0 Å². The van der Waals surface area contributed by atoms with Gasteiger partial charge in [-0.2, -0.15) is 13.2 Å². The standard InChI is InChI=1S/C14H16ClF3N2O/c15-11-3-1-2-10(8-11)4-6-20-12(21)13(14(16,17)18)5-7-19-9-13/h1-3,8,19H,4-7,9H2,(H,20,21). The fraction of sp³-hybridized carbons (Fsp3) is 0.500. The highest BCUT2D eigenvalue weighted by Crippen LogP contribution is 2.43. The molecule has 1 aliphatic heterocycles. The van der Waals surface area contributed by atoms with Crippen molar-refractivity contribution < 1.29 is 18.0 Å². The van der Waals surface area contributed by atoms with Crippen LogP contribution in [0.5, 0.6) is 0 Å². The summed E-state index contributed by atoms with van der Waals surface area (Å²) >= 11 is 5.83. The monoisotopic (exact) mass is 320 g/mol. The topological polar surface area (TPSA) is 41.1 Å². The quantitative estimate of drug-likeness (QED) is 0.895. The second kappa shape index (κ2) is 6.23. The van der Waals surface area contributed by atoms with Crippen molar-refractivity contribution in [3.05, 3.63) is 34.9 Å². The van der Waals surface area contributed by atoms with Crippen molar-refractivity contribution in [1.29, 1.82) is 0 Å². The molecule has 1 aromatic carbocycles. The van der Waals surface area contributed by atoms with E-state index in [2.05, 4.69) is 10.6 Å². The van der Waals surface area contributed by atoms with Gasteiger partial charge in [-0.1, -0.05) is 23.7 Å². The smallest absolute Gasteiger partial charge is 0.355 e. The van der Waals surface area contributed by atoms with E-state index >= 15 is 0 Å². The van der Waals surface area contributed by atoms with Crippen LogP contribution >= 0.6 is 11.6 Å². The van der Waals surface area contributed by atoms with Crippen LogP contribution in [0.3, 0.4) is 0 Å². The summed E-state index contributed by atoms with van der Waals surface area (Å²) < 4.78 is 39.5. The summed E-state index contributed by atoms with van der Waals surface area (Å²) in [5, 5.41) is 5.58. The van der Waals surface area contributed by atoms with Crippen LogP contribution in [-0.2, 0) is 11.2 Å². The fourth-order valence-corrected chi connectivity index (χ4v) is 2.65. The molecule has 116 valence electrons. The van der Waals surface area contributed by atoms with E-state index in [0.717, 1.165) is 5.56 Å². The van der Waals surface area contributed by atoms with Crippen molar-refractivity contribution in [2.24, 2.45) is 5.41 Å². The van der Waals surface area contributed by atoms with Crippen LogP contribution in [-0.4, -0.2) is 31.7 Å². The average molecular weight is 321 g/mol. The number of benzene rings is 1. The number of halogens is 4. The minimum atomic E-state index is -4.55. The van der Waals surface area contributed by atoms with Crippen LogP contribution in [0.15, 0.2) is 24.3 Å². The maximum Gasteiger partial charge on any atom is 0.404 e. The SMILES string of the molecule is O=C(NCCc1cccc(Cl)c1)C1(C(F)(F)F)CCNC1. The third-order valence-corrected chi connectivity index (χ3v) is 3.96. The van der Waals surface area contributed by atoms with Crippen LogP contribution in [0, 0.1) is 5.41 Å². The maximum atomic E-state index is 13.2. The molecule has 0 aromatic heterocycles. The molecule has 1 atom stereocenters. The molecule has 1 aliphatic rings. The lowest BCUT2D eigenvalue weighted by Crippen LogP contribution is -2.52. The molecule has 2 rings (SSSR count). The van der Waals surface area contributed by atoms with Gasteiger partial charge in [-0.25, -0.2) is 0 Å². The Balaban J connectivity index is 1.94. The molecule has 7 heteroatoms. The molecule has 1 aromatic rings. The van der Waals surface area contributed by atoms with Gasteiger partial charge in [-0.15, -0.1) is 0 Å². The highest BCUT2D eigenvalue weighted by atomic mass is 35.5. The molecule has 1 fully saturated rings. The van der Waals surface area contributed by atoms with E-state index in [-0.39, 0.29) is 26.1 Å². The Labute approximate surface area is 125 Å². The minimum absolute atomic E-state index is 0.150. The zero-order chi connectivity index (χ0) is 15.5. The predicted molar refractivity (Wildman–Crippen MR) is 74.1 cm³/mol. The maximum absolute atomic E-state index is 13.2. The van der Waals surface area contributed by atoms with Crippen LogP contribution in [0.25, 0.3) is 0 Å². The molecule has 0 saturated carbocycles. The zero-order valence-corrected chi connectivity index (χ0v) is 12.0. The first-order valence-corrected chi connectivity index (χ1v) is 7.03. The lowest BCUT2D eigenvalue weighted by molar-refractivity contribution is -0.215. The molecule has 0 radical (unpaired) electrons. The fourth-order valence-electron chi connectivity index (χ4n) is 2.44. The van der Waals surface area contributed by atoms with Gasteiger partial charge in [-0.3, -0.25) is 4.79 Å². The van der Waals surface area contributed by atoms with Crippen LogP contribution in [0.4, 0.5) is 13.2 Å². The molecule has 0 aliphatic carbocycles. The van der Waals surface area contributed by atoms with Gasteiger partial charge in [-0.05, 0) is 37.1 Å². The largest absolute Gasteiger partial charge is 0.404 e. The first-order valence-electron chi connectivity index (χ1n) is 6.65. The van der Waals surface area contributed by atoms with Gasteiger partial charge in [0.15, 0.2) is 5.41 Å². The van der Waals surface area contributed by atoms with Crippen LogP contribution in [0.1, 0.15) is 12.0 Å². The minimum Gasteiger partial charge on any atom is -0.355 e. The third-order valence-electron chi connectivity index (χ3n) is 3.72. The zero-order valence-electron chi connectivity index (χ0n) is 11.3. The second-order valence-corrected chi connectivity index (χ2v) is 5.58. The van der Waals surface area contributed by atoms with Crippen molar-refractivity contribution in [3.8, 4) is 0 Å². The predicted octanol–water partition coefficient (Wildman–Crippen LogP) is 2.54. The number of amides is 1. The molecule has 1 unspecified atom stereocenters. The van der Waals surface area contributed by atoms with E-state index in [4.69, 9.17) is 11.6 Å². The van der Waals surface area contributed by atoms with Gasteiger partial charge < -0.3 is 10.6 Å². The number of hydrogen-bond donors (Lipinski definition) is 2. The van der Waals surface area contributed by atoms with E-state index in [9.17, 15) is 18.0 Å². The lowest BCUT2D eigenvalue weighted by Gasteiger charge is -2.29. The first-order chi connectivity index (χ1) is 9.85. The molecular formula is C14H16ClF3N2O. The molecular weight excluding hydrogens is 305 g/mol. The van der Waals surface area contributed by atoms with E-state index < -0.39 is 17.5 Å². The molecule has 21 heavy (non-hydrogen) atoms. The molecule has 0 spiro atoms. The lowest BCUT2D eigenvalue weighted by atomic mass is 9.85. The number of alkyl halides is 3. The van der Waals surface area contributed by atoms with E-state index in [1.54, 1.807) is 18.2 Å². The molecule has 1 amide bonds. The van der Waals surface area contributed by atoms with Gasteiger partial charge in [0, 0.05) is 18.1 Å². The summed E-state index contributed by atoms with van der Waals surface area (Å²) in [6.45, 7) is -0.0161. The number of carbonyl (C=O) groups excluding carboxylic acids is 1. The van der Waals surface area contributed by atoms with E-state index in [1.165, 1.54) is 0 Å². The number of nitrogens with one attached hydrogen (secondary N) is 2. The Kier molecular flexibility index (Phi) is 4.78. The van der Waals surface area contributed by atoms with Crippen molar-refractivity contribution in [2.45, 2.75) is 19.0 Å². The Morgan fingerprint density at radius 1 is 1.43 bits per heavy atom. The third kappa shape index (κ3) is 3.49. The van der Waals surface area contributed by atoms with Crippen molar-refractivity contribution in [1.82, 2.24) is 10.6 Å². The molecule has 1 heterocycles. The Morgan fingerprint density at radius 2 is 2.19 bits per heavy atom. The highest BCUT2D eigenvalue weighted by molar-refractivity contribution is 6.30. The van der Waals surface area contributed by atoms with Crippen molar-refractivity contribution in [3.63, 3.8) is 0 Å². The molecule has 3 nitrogen and oxygen atoms in total. The van der Waals surface area contributed by atoms with E-state index in [1.807, 2.05) is 6.07 Å². The summed E-state index contributed by atoms with van der Waals surface area (Å²) in [7, 11) is 0. The molecule has 1 saturated heterocycles. The second-order valence-electron chi connectivity index (χ2n) is 5.14. The van der Waals surface area contributed by atoms with Gasteiger partial charge in [0.2, 0.25) is 5.91 Å². The molecule has 2 N–H and O–H groups in total. The summed E-state index contributed by atoms with van der Waals surface area (Å²) in [6.07, 6.45) is -4.33. The summed E-state index contributed by atoms with van der Waals surface area (Å²) in [4.78, 5) is 12.0. The Hall–Kier alpha value is -1.27. The van der Waals surface area contributed by atoms with Gasteiger partial charge in [0.25, 0.3) is 0 Å². The summed E-state index contributed by atoms with van der Waals surface area (Å²) in [5.41, 5.74) is -1.44. The Morgan fingerprint density at radius 3 is 2.76 bits per heavy atom. The van der Waals surface area contributed by atoms with Crippen molar-refractivity contribution in [2.75, 3.05) is 19.6 Å². The first kappa shape index (κ1) is 16.1. The Bertz CT molecular complexity index is 513. The van der Waals surface area contributed by atoms with Crippen LogP contribution < -0.4 is 10.6 Å². The summed E-state index contributed by atoms with van der Waals surface area (Å²) in [5.74, 6) is -0.956. The number of rotatable bonds is 4. The highest BCUT2D eigenvalue weighted by Gasteiger charge is 2.61. The normalized spacial score (nSPS) is 22.3. The molecule has 0 bridgehead atoms.